The Kier molecular flexibility index (Phi) is 8.88. The van der Waals surface area contributed by atoms with E-state index in [0.717, 1.165) is 44.9 Å². The van der Waals surface area contributed by atoms with Crippen molar-refractivity contribution < 1.29 is 24.3 Å². The Morgan fingerprint density at radius 2 is 1.80 bits per heavy atom. The van der Waals surface area contributed by atoms with Gasteiger partial charge in [-0.25, -0.2) is 4.68 Å². The van der Waals surface area contributed by atoms with E-state index in [4.69, 9.17) is 11.5 Å². The summed E-state index contributed by atoms with van der Waals surface area (Å²) in [6.45, 7) is 3.40. The molecule has 4 fully saturated rings. The molecule has 1 aliphatic heterocycles. The highest BCUT2D eigenvalue weighted by Gasteiger charge is 2.63. The van der Waals surface area contributed by atoms with Crippen LogP contribution in [0.15, 0.2) is 6.20 Å². The maximum absolute atomic E-state index is 13.9. The summed E-state index contributed by atoms with van der Waals surface area (Å²) in [5.41, 5.74) is 9.70. The van der Waals surface area contributed by atoms with Crippen LogP contribution in [-0.2, 0) is 24.8 Å². The first-order valence-electron chi connectivity index (χ1n) is 14.7. The predicted octanol–water partition coefficient (Wildman–Crippen LogP) is 1.24. The van der Waals surface area contributed by atoms with Gasteiger partial charge < -0.3 is 26.8 Å². The second-order valence-corrected chi connectivity index (χ2v) is 13.3. The highest BCUT2D eigenvalue weighted by molar-refractivity contribution is 6.39. The fourth-order valence-electron chi connectivity index (χ4n) is 7.65. The fourth-order valence-corrected chi connectivity index (χ4v) is 7.65. The number of hydrogen-bond donors (Lipinski definition) is 4. The second kappa shape index (κ2) is 11.6. The van der Waals surface area contributed by atoms with E-state index in [0.29, 0.717) is 30.9 Å². The number of nitrogens with zero attached hydrogens (tertiary/aromatic N) is 4. The lowest BCUT2D eigenvalue weighted by Gasteiger charge is -2.60. The van der Waals surface area contributed by atoms with Gasteiger partial charge in [-0.1, -0.05) is 43.7 Å². The van der Waals surface area contributed by atoms with Gasteiger partial charge >= 0.3 is 0 Å². The molecule has 13 heteroatoms. The number of rotatable bonds is 9. The summed E-state index contributed by atoms with van der Waals surface area (Å²) in [6.07, 6.45) is 11.5. The van der Waals surface area contributed by atoms with Crippen molar-refractivity contribution >= 4 is 35.9 Å². The lowest BCUT2D eigenvalue weighted by Crippen LogP contribution is -2.71. The zero-order valence-corrected chi connectivity index (χ0v) is 24.8. The maximum Gasteiger partial charge on any atom is 0.287 e. The number of carbonyl (C=O) groups is 4. The number of primary amides is 1. The van der Waals surface area contributed by atoms with Gasteiger partial charge in [0.05, 0.1) is 24.0 Å². The van der Waals surface area contributed by atoms with E-state index in [1.54, 1.807) is 18.5 Å². The van der Waals surface area contributed by atoms with Crippen molar-refractivity contribution in [3.8, 4) is 0 Å². The van der Waals surface area contributed by atoms with Crippen LogP contribution in [-0.4, -0.2) is 72.7 Å². The van der Waals surface area contributed by atoms with E-state index in [-0.39, 0.29) is 36.7 Å². The number of nitrogens with one attached hydrogen (secondary N) is 1. The van der Waals surface area contributed by atoms with E-state index >= 15 is 0 Å². The zero-order chi connectivity index (χ0) is 28.9. The predicted molar refractivity (Wildman–Crippen MR) is 151 cm³/mol. The molecule has 0 bridgehead atoms. The van der Waals surface area contributed by atoms with Crippen LogP contribution in [0, 0.1) is 11.3 Å². The Hall–Kier alpha value is -2.57. The molecular weight excluding hydrogens is 550 g/mol. The van der Waals surface area contributed by atoms with E-state index in [9.17, 15) is 24.3 Å². The molecular formula is C28H44ClN7O5. The molecule has 0 aromatic carbocycles. The molecule has 6 N–H and O–H groups in total. The van der Waals surface area contributed by atoms with E-state index in [1.807, 2.05) is 0 Å². The van der Waals surface area contributed by atoms with Gasteiger partial charge in [0.25, 0.3) is 5.91 Å². The van der Waals surface area contributed by atoms with E-state index in [1.165, 1.54) is 17.5 Å². The number of nitrogens with two attached hydrogens (primary N) is 2. The molecule has 41 heavy (non-hydrogen) atoms. The molecule has 3 atom stereocenters. The first-order chi connectivity index (χ1) is 18.8. The second-order valence-electron chi connectivity index (χ2n) is 13.3. The SMILES string of the molecule is CC(C)(O)c1cnnn1[C@H]1C[C@@H](C(=O)NC2(C(=O)C(N)=O)CC3(CCC3)C2)N(C(=O)[C@H](N)CC2CCCCC2)C1.Cl. The van der Waals surface area contributed by atoms with Gasteiger partial charge in [0.1, 0.15) is 17.2 Å². The Bertz CT molecular complexity index is 1160. The number of amides is 3. The Labute approximate surface area is 246 Å². The van der Waals surface area contributed by atoms with Crippen molar-refractivity contribution in [3.05, 3.63) is 11.9 Å². The van der Waals surface area contributed by atoms with Gasteiger partial charge in [0.2, 0.25) is 17.6 Å². The summed E-state index contributed by atoms with van der Waals surface area (Å²) in [5.74, 6) is -2.31. The third-order valence-electron chi connectivity index (χ3n) is 9.83. The van der Waals surface area contributed by atoms with Crippen LogP contribution in [0.3, 0.4) is 0 Å². The average molecular weight is 594 g/mol. The molecule has 1 saturated heterocycles. The lowest BCUT2D eigenvalue weighted by molar-refractivity contribution is -0.156. The third kappa shape index (κ3) is 6.01. The van der Waals surface area contributed by atoms with Crippen molar-refractivity contribution in [2.75, 3.05) is 6.54 Å². The molecule has 4 aliphatic rings. The minimum Gasteiger partial charge on any atom is -0.384 e. The Morgan fingerprint density at radius 3 is 2.37 bits per heavy atom. The quantitative estimate of drug-likeness (QED) is 0.308. The largest absolute Gasteiger partial charge is 0.384 e. The highest BCUT2D eigenvalue weighted by Crippen LogP contribution is 2.60. The monoisotopic (exact) mass is 593 g/mol. The number of likely N-dealkylation sites (tertiary alicyclic amines) is 1. The molecule has 3 aliphatic carbocycles. The first-order valence-corrected chi connectivity index (χ1v) is 14.7. The Morgan fingerprint density at radius 1 is 1.15 bits per heavy atom. The van der Waals surface area contributed by atoms with Crippen molar-refractivity contribution in [2.45, 2.75) is 120 Å². The number of hydrogen-bond acceptors (Lipinski definition) is 8. The summed E-state index contributed by atoms with van der Waals surface area (Å²) in [6, 6.07) is -2.12. The topological polar surface area (TPSA) is 187 Å². The van der Waals surface area contributed by atoms with E-state index in [2.05, 4.69) is 15.6 Å². The van der Waals surface area contributed by atoms with Crippen LogP contribution in [0.2, 0.25) is 0 Å². The van der Waals surface area contributed by atoms with Crippen LogP contribution in [0.5, 0.6) is 0 Å². The highest BCUT2D eigenvalue weighted by atomic mass is 35.5. The number of halogens is 1. The summed E-state index contributed by atoms with van der Waals surface area (Å²) < 4.78 is 1.57. The van der Waals surface area contributed by atoms with Crippen molar-refractivity contribution in [1.82, 2.24) is 25.2 Å². The lowest BCUT2D eigenvalue weighted by atomic mass is 9.47. The molecule has 1 aromatic rings. The summed E-state index contributed by atoms with van der Waals surface area (Å²) in [5, 5.41) is 21.7. The normalized spacial score (nSPS) is 25.9. The van der Waals surface area contributed by atoms with Crippen molar-refractivity contribution in [1.29, 1.82) is 0 Å². The summed E-state index contributed by atoms with van der Waals surface area (Å²) in [7, 11) is 0. The smallest absolute Gasteiger partial charge is 0.287 e. The first kappa shape index (κ1) is 31.4. The molecule has 1 aromatic heterocycles. The van der Waals surface area contributed by atoms with Crippen molar-refractivity contribution in [3.63, 3.8) is 0 Å². The molecule has 0 radical (unpaired) electrons. The van der Waals surface area contributed by atoms with Crippen molar-refractivity contribution in [2.24, 2.45) is 22.8 Å². The molecule has 1 spiro atoms. The Balaban J connectivity index is 0.00000387. The van der Waals surface area contributed by atoms with Crippen LogP contribution in [0.1, 0.15) is 103 Å². The summed E-state index contributed by atoms with van der Waals surface area (Å²) in [4.78, 5) is 54.0. The molecule has 0 unspecified atom stereocenters. The molecule has 3 saturated carbocycles. The third-order valence-corrected chi connectivity index (χ3v) is 9.83. The number of carbonyl (C=O) groups excluding carboxylic acids is 4. The molecule has 2 heterocycles. The fraction of sp³-hybridized carbons (Fsp3) is 0.786. The van der Waals surface area contributed by atoms with Gasteiger partial charge in [-0.2, -0.15) is 0 Å². The maximum atomic E-state index is 13.9. The minimum atomic E-state index is -1.34. The zero-order valence-electron chi connectivity index (χ0n) is 24.0. The average Bonchev–Trinajstić information content (AvgIpc) is 3.52. The number of ketones is 1. The molecule has 5 rings (SSSR count). The minimum absolute atomic E-state index is 0. The van der Waals surface area contributed by atoms with Gasteiger partial charge in [0, 0.05) is 13.0 Å². The molecule has 228 valence electrons. The van der Waals surface area contributed by atoms with Gasteiger partial charge in [-0.3, -0.25) is 19.2 Å². The van der Waals surface area contributed by atoms with Crippen LogP contribution >= 0.6 is 12.4 Å². The standard InChI is InChI=1S/C28H43N7O5.ClH/c1-26(2,40)21-13-31-33-35(21)18-12-20(34(14-18)25(39)19(29)11-17-7-4-3-5-8-17)24(38)32-28(22(36)23(30)37)15-27(16-28)9-6-10-27;/h13,17-20,40H,3-12,14-16,29H2,1-2H3,(H2,30,37)(H,32,38);1H/t18-,19+,20-;/m0./s1. The van der Waals surface area contributed by atoms with Crippen LogP contribution in [0.25, 0.3) is 0 Å². The van der Waals surface area contributed by atoms with E-state index < -0.39 is 46.9 Å². The number of aromatic nitrogens is 3. The number of aliphatic hydroxyl groups is 1. The van der Waals surface area contributed by atoms with Crippen LogP contribution < -0.4 is 16.8 Å². The van der Waals surface area contributed by atoms with Gasteiger partial charge in [-0.15, -0.1) is 17.5 Å². The number of Topliss-reactive ketones (excluding diaryl/α,β-unsaturated/α-hetero) is 1. The van der Waals surface area contributed by atoms with Gasteiger partial charge in [0.15, 0.2) is 0 Å². The molecule has 3 amide bonds. The van der Waals surface area contributed by atoms with Crippen LogP contribution in [0.4, 0.5) is 0 Å². The molecule has 12 nitrogen and oxygen atoms in total. The summed E-state index contributed by atoms with van der Waals surface area (Å²) >= 11 is 0. The van der Waals surface area contributed by atoms with Gasteiger partial charge in [-0.05, 0) is 57.3 Å².